The first kappa shape index (κ1) is 17.3. The lowest BCUT2D eigenvalue weighted by Crippen LogP contribution is -2.31. The highest BCUT2D eigenvalue weighted by Gasteiger charge is 2.16. The van der Waals surface area contributed by atoms with Crippen molar-refractivity contribution in [2.45, 2.75) is 25.8 Å². The second kappa shape index (κ2) is 9.09. The fourth-order valence-electron chi connectivity index (χ4n) is 3.05. The van der Waals surface area contributed by atoms with E-state index < -0.39 is 0 Å². The van der Waals surface area contributed by atoms with Crippen LogP contribution in [0.25, 0.3) is 0 Å². The Bertz CT molecular complexity index is 685. The van der Waals surface area contributed by atoms with E-state index in [2.05, 4.69) is 76.4 Å². The summed E-state index contributed by atoms with van der Waals surface area (Å²) >= 11 is 0. The normalized spacial score (nSPS) is 12.2. The molecule has 1 aromatic carbocycles. The van der Waals surface area contributed by atoms with E-state index in [1.54, 1.807) is 0 Å². The predicted molar refractivity (Wildman–Crippen MR) is 102 cm³/mol. The molecule has 0 aliphatic carbocycles. The van der Waals surface area contributed by atoms with Crippen molar-refractivity contribution in [3.8, 4) is 0 Å². The minimum absolute atomic E-state index is 0.369. The lowest BCUT2D eigenvalue weighted by molar-refractivity contribution is 0.214. The van der Waals surface area contributed by atoms with E-state index in [-0.39, 0.29) is 0 Å². The molecule has 0 saturated heterocycles. The molecule has 0 aliphatic heterocycles. The summed E-state index contributed by atoms with van der Waals surface area (Å²) in [5.74, 6) is 0. The smallest absolute Gasteiger partial charge is 0.0416 e. The molecular formula is C22H25N3. The van der Waals surface area contributed by atoms with Crippen molar-refractivity contribution < 1.29 is 0 Å². The molecule has 3 nitrogen and oxygen atoms in total. The molecule has 0 bridgehead atoms. The van der Waals surface area contributed by atoms with E-state index >= 15 is 0 Å². The lowest BCUT2D eigenvalue weighted by atomic mass is 10.1. The van der Waals surface area contributed by atoms with Gasteiger partial charge in [0.05, 0.1) is 0 Å². The van der Waals surface area contributed by atoms with E-state index in [1.165, 1.54) is 5.56 Å². The van der Waals surface area contributed by atoms with Crippen LogP contribution >= 0.6 is 0 Å². The topological polar surface area (TPSA) is 29.0 Å². The Morgan fingerprint density at radius 2 is 1.24 bits per heavy atom. The summed E-state index contributed by atoms with van der Waals surface area (Å²) < 4.78 is 0. The van der Waals surface area contributed by atoms with Crippen molar-refractivity contribution in [2.24, 2.45) is 0 Å². The molecular weight excluding hydrogens is 306 g/mol. The average molecular weight is 331 g/mol. The van der Waals surface area contributed by atoms with Crippen LogP contribution in [0, 0.1) is 0 Å². The van der Waals surface area contributed by atoms with Crippen LogP contribution < -0.4 is 0 Å². The summed E-state index contributed by atoms with van der Waals surface area (Å²) in [6.07, 6.45) is 5.66. The highest BCUT2D eigenvalue weighted by molar-refractivity contribution is 5.18. The van der Waals surface area contributed by atoms with Crippen LogP contribution in [0.2, 0.25) is 0 Å². The van der Waals surface area contributed by atoms with Crippen molar-refractivity contribution in [3.05, 3.63) is 96.1 Å². The molecule has 128 valence electrons. The summed E-state index contributed by atoms with van der Waals surface area (Å²) in [4.78, 5) is 11.5. The van der Waals surface area contributed by atoms with Crippen LogP contribution in [0.15, 0.2) is 79.1 Å². The van der Waals surface area contributed by atoms with Gasteiger partial charge in [-0.15, -0.1) is 0 Å². The molecule has 3 heteroatoms. The first-order valence-corrected chi connectivity index (χ1v) is 8.92. The van der Waals surface area contributed by atoms with Crippen molar-refractivity contribution >= 4 is 0 Å². The summed E-state index contributed by atoms with van der Waals surface area (Å²) in [5.41, 5.74) is 3.64. The molecule has 3 rings (SSSR count). The maximum Gasteiger partial charge on any atom is 0.0416 e. The standard InChI is InChI=1S/C22H25N3/c1-19(20-9-3-2-4-10-20)25(17-13-21-11-5-7-15-23-21)18-14-22-12-6-8-16-24-22/h2-12,15-16,19H,13-14,17-18H2,1H3. The zero-order valence-electron chi connectivity index (χ0n) is 14.8. The maximum absolute atomic E-state index is 4.46. The average Bonchev–Trinajstić information content (AvgIpc) is 2.70. The second-order valence-corrected chi connectivity index (χ2v) is 6.26. The third kappa shape index (κ3) is 5.23. The van der Waals surface area contributed by atoms with Gasteiger partial charge in [0.15, 0.2) is 0 Å². The SMILES string of the molecule is CC(c1ccccc1)N(CCc1ccccn1)CCc1ccccn1. The van der Waals surface area contributed by atoms with E-state index in [0.29, 0.717) is 6.04 Å². The number of nitrogens with zero attached hydrogens (tertiary/aromatic N) is 3. The Morgan fingerprint density at radius 3 is 1.72 bits per heavy atom. The Labute approximate surface area is 150 Å². The zero-order chi connectivity index (χ0) is 17.3. The van der Waals surface area contributed by atoms with Gasteiger partial charge in [-0.2, -0.15) is 0 Å². The molecule has 3 aromatic rings. The van der Waals surface area contributed by atoms with Crippen LogP contribution in [0.1, 0.15) is 29.9 Å². The lowest BCUT2D eigenvalue weighted by Gasteiger charge is -2.29. The van der Waals surface area contributed by atoms with E-state index in [4.69, 9.17) is 0 Å². The molecule has 0 spiro atoms. The first-order valence-electron chi connectivity index (χ1n) is 8.92. The number of aromatic nitrogens is 2. The Hall–Kier alpha value is -2.52. The number of hydrogen-bond donors (Lipinski definition) is 0. The third-order valence-corrected chi connectivity index (χ3v) is 4.59. The third-order valence-electron chi connectivity index (χ3n) is 4.59. The molecule has 2 aromatic heterocycles. The number of benzene rings is 1. The van der Waals surface area contributed by atoms with E-state index in [9.17, 15) is 0 Å². The number of pyridine rings is 2. The Balaban J connectivity index is 1.68. The molecule has 0 fully saturated rings. The summed E-state index contributed by atoms with van der Waals surface area (Å²) in [6, 6.07) is 23.3. The molecule has 2 heterocycles. The van der Waals surface area contributed by atoms with Crippen molar-refractivity contribution in [2.75, 3.05) is 13.1 Å². The van der Waals surface area contributed by atoms with Gasteiger partial charge in [-0.1, -0.05) is 42.5 Å². The van der Waals surface area contributed by atoms with Crippen LogP contribution in [0.4, 0.5) is 0 Å². The highest BCUT2D eigenvalue weighted by atomic mass is 15.1. The van der Waals surface area contributed by atoms with Gasteiger partial charge in [0.1, 0.15) is 0 Å². The molecule has 0 aliphatic rings. The molecule has 0 saturated carbocycles. The fraction of sp³-hybridized carbons (Fsp3) is 0.273. The van der Waals surface area contributed by atoms with Crippen molar-refractivity contribution in [1.82, 2.24) is 14.9 Å². The molecule has 1 unspecified atom stereocenters. The zero-order valence-corrected chi connectivity index (χ0v) is 14.8. The largest absolute Gasteiger partial charge is 0.296 e. The second-order valence-electron chi connectivity index (χ2n) is 6.26. The van der Waals surface area contributed by atoms with Crippen LogP contribution in [0.3, 0.4) is 0 Å². The Kier molecular flexibility index (Phi) is 6.29. The molecule has 1 atom stereocenters. The summed E-state index contributed by atoms with van der Waals surface area (Å²) in [6.45, 7) is 4.26. The summed E-state index contributed by atoms with van der Waals surface area (Å²) in [5, 5.41) is 0. The first-order chi connectivity index (χ1) is 12.3. The molecule has 0 amide bonds. The maximum atomic E-state index is 4.46. The monoisotopic (exact) mass is 331 g/mol. The molecule has 25 heavy (non-hydrogen) atoms. The quantitative estimate of drug-likeness (QED) is 0.615. The minimum Gasteiger partial charge on any atom is -0.296 e. The van der Waals surface area contributed by atoms with Gasteiger partial charge in [0, 0.05) is 55.8 Å². The molecule has 0 radical (unpaired) electrons. The number of rotatable bonds is 8. The van der Waals surface area contributed by atoms with E-state index in [1.807, 2.05) is 24.5 Å². The van der Waals surface area contributed by atoms with Gasteiger partial charge < -0.3 is 0 Å². The van der Waals surface area contributed by atoms with Gasteiger partial charge in [-0.3, -0.25) is 14.9 Å². The Morgan fingerprint density at radius 1 is 0.720 bits per heavy atom. The van der Waals surface area contributed by atoms with Gasteiger partial charge >= 0.3 is 0 Å². The van der Waals surface area contributed by atoms with Crippen LogP contribution in [-0.4, -0.2) is 28.0 Å². The van der Waals surface area contributed by atoms with Gasteiger partial charge in [-0.25, -0.2) is 0 Å². The van der Waals surface area contributed by atoms with Gasteiger partial charge in [0.25, 0.3) is 0 Å². The van der Waals surface area contributed by atoms with E-state index in [0.717, 1.165) is 37.3 Å². The van der Waals surface area contributed by atoms with Gasteiger partial charge in [0.2, 0.25) is 0 Å². The van der Waals surface area contributed by atoms with Crippen LogP contribution in [-0.2, 0) is 12.8 Å². The molecule has 0 N–H and O–H groups in total. The predicted octanol–water partition coefficient (Wildman–Crippen LogP) is 4.33. The number of hydrogen-bond acceptors (Lipinski definition) is 3. The minimum atomic E-state index is 0.369. The highest BCUT2D eigenvalue weighted by Crippen LogP contribution is 2.20. The fourth-order valence-corrected chi connectivity index (χ4v) is 3.05. The van der Waals surface area contributed by atoms with Crippen molar-refractivity contribution in [1.29, 1.82) is 0 Å². The van der Waals surface area contributed by atoms with Gasteiger partial charge in [-0.05, 0) is 36.8 Å². The van der Waals surface area contributed by atoms with Crippen LogP contribution in [0.5, 0.6) is 0 Å². The summed E-state index contributed by atoms with van der Waals surface area (Å²) in [7, 11) is 0. The van der Waals surface area contributed by atoms with Crippen molar-refractivity contribution in [3.63, 3.8) is 0 Å².